The van der Waals surface area contributed by atoms with Gasteiger partial charge in [0, 0.05) is 11.5 Å². The van der Waals surface area contributed by atoms with Crippen molar-refractivity contribution in [2.75, 3.05) is 0 Å². The lowest BCUT2D eigenvalue weighted by Gasteiger charge is -2.15. The zero-order valence-electron chi connectivity index (χ0n) is 13.3. The summed E-state index contributed by atoms with van der Waals surface area (Å²) in [5.41, 5.74) is 5.22. The third-order valence-corrected chi connectivity index (χ3v) is 4.81. The largest absolute Gasteiger partial charge is 0.304 e. The van der Waals surface area contributed by atoms with Crippen LogP contribution in [0.4, 0.5) is 0 Å². The van der Waals surface area contributed by atoms with Crippen molar-refractivity contribution in [3.05, 3.63) is 79.1 Å². The smallest absolute Gasteiger partial charge is 0.251 e. The van der Waals surface area contributed by atoms with Crippen LogP contribution in [0.25, 0.3) is 10.9 Å². The molecule has 3 rings (SSSR count). The molecule has 0 amide bonds. The predicted octanol–water partition coefficient (Wildman–Crippen LogP) is 5.28. The first-order chi connectivity index (χ1) is 10.9. The van der Waals surface area contributed by atoms with E-state index in [1.54, 1.807) is 16.7 Å². The average molecular weight is 346 g/mol. The minimum Gasteiger partial charge on any atom is -0.304 e. The van der Waals surface area contributed by atoms with Crippen LogP contribution in [0.5, 0.6) is 0 Å². The van der Waals surface area contributed by atoms with Gasteiger partial charge in [0.2, 0.25) is 0 Å². The molecule has 0 fully saturated rings. The number of hydrogen-bond donors (Lipinski definition) is 0. The van der Waals surface area contributed by atoms with Crippen LogP contribution in [-0.2, 0) is 6.54 Å². The van der Waals surface area contributed by atoms with Gasteiger partial charge >= 0.3 is 0 Å². The molecule has 23 heavy (non-hydrogen) atoms. The summed E-state index contributed by atoms with van der Waals surface area (Å²) in [5, 5.41) is 2.13. The summed E-state index contributed by atoms with van der Waals surface area (Å²) in [6, 6.07) is 11.4. The van der Waals surface area contributed by atoms with Crippen molar-refractivity contribution in [3.8, 4) is 0 Å². The van der Waals surface area contributed by atoms with E-state index >= 15 is 0 Å². The Kier molecular flexibility index (Phi) is 4.22. The first kappa shape index (κ1) is 16.1. The quantitative estimate of drug-likeness (QED) is 0.619. The van der Waals surface area contributed by atoms with E-state index in [9.17, 15) is 4.79 Å². The van der Waals surface area contributed by atoms with Gasteiger partial charge in [-0.1, -0.05) is 40.9 Å². The number of benzene rings is 2. The van der Waals surface area contributed by atoms with Gasteiger partial charge in [-0.2, -0.15) is 0 Å². The Hall–Kier alpha value is -1.77. The van der Waals surface area contributed by atoms with E-state index < -0.39 is 0 Å². The zero-order chi connectivity index (χ0) is 16.7. The summed E-state index contributed by atoms with van der Waals surface area (Å²) in [5.74, 6) is 0. The van der Waals surface area contributed by atoms with E-state index in [0.717, 1.165) is 27.6 Å². The van der Waals surface area contributed by atoms with Gasteiger partial charge in [-0.15, -0.1) is 0 Å². The third-order valence-electron chi connectivity index (χ3n) is 4.07. The van der Waals surface area contributed by atoms with E-state index in [2.05, 4.69) is 19.1 Å². The maximum absolute atomic E-state index is 12.6. The monoisotopic (exact) mass is 345 g/mol. The topological polar surface area (TPSA) is 22.0 Å². The number of pyridine rings is 1. The summed E-state index contributed by atoms with van der Waals surface area (Å²) >= 11 is 12.1. The fourth-order valence-corrected chi connectivity index (χ4v) is 3.37. The maximum atomic E-state index is 12.6. The molecule has 0 unspecified atom stereocenters. The molecule has 0 aliphatic heterocycles. The number of hydrogen-bond acceptors (Lipinski definition) is 1. The molecule has 0 atom stereocenters. The van der Waals surface area contributed by atoms with Crippen molar-refractivity contribution in [1.29, 1.82) is 0 Å². The molecule has 0 saturated carbocycles. The Morgan fingerprint density at radius 2 is 1.65 bits per heavy atom. The lowest BCUT2D eigenvalue weighted by atomic mass is 10.0. The van der Waals surface area contributed by atoms with Crippen LogP contribution in [0.2, 0.25) is 10.0 Å². The molecule has 0 spiro atoms. The average Bonchev–Trinajstić information content (AvgIpc) is 2.47. The number of aryl methyl sites for hydroxylation is 3. The van der Waals surface area contributed by atoms with Crippen molar-refractivity contribution in [1.82, 2.24) is 4.57 Å². The van der Waals surface area contributed by atoms with Crippen LogP contribution in [0.3, 0.4) is 0 Å². The predicted molar refractivity (Wildman–Crippen MR) is 98.0 cm³/mol. The molecule has 118 valence electrons. The molecule has 3 aromatic rings. The number of halogens is 2. The standard InChI is InChI=1S/C19H17Cl2NO/c1-11-6-13(3)19-15(7-11)12(2)8-18(23)22(19)10-14-4-5-16(20)17(21)9-14/h4-9H,10H2,1-3H3. The molecule has 1 heterocycles. The second kappa shape index (κ2) is 6.03. The maximum Gasteiger partial charge on any atom is 0.251 e. The molecule has 0 aliphatic rings. The highest BCUT2D eigenvalue weighted by atomic mass is 35.5. The summed E-state index contributed by atoms with van der Waals surface area (Å²) in [4.78, 5) is 12.6. The number of nitrogens with zero attached hydrogens (tertiary/aromatic N) is 1. The minimum atomic E-state index is -0.00646. The van der Waals surface area contributed by atoms with Crippen LogP contribution in [0.1, 0.15) is 22.3 Å². The summed E-state index contributed by atoms with van der Waals surface area (Å²) in [7, 11) is 0. The molecule has 0 radical (unpaired) electrons. The lowest BCUT2D eigenvalue weighted by Crippen LogP contribution is -2.21. The molecule has 2 nitrogen and oxygen atoms in total. The van der Waals surface area contributed by atoms with Crippen LogP contribution in [0.15, 0.2) is 41.2 Å². The van der Waals surface area contributed by atoms with Crippen molar-refractivity contribution in [2.45, 2.75) is 27.3 Å². The van der Waals surface area contributed by atoms with Gasteiger partial charge in [-0.25, -0.2) is 0 Å². The first-order valence-corrected chi connectivity index (χ1v) is 8.18. The number of fused-ring (bicyclic) bond motifs is 1. The molecule has 4 heteroatoms. The zero-order valence-corrected chi connectivity index (χ0v) is 14.8. The normalized spacial score (nSPS) is 11.2. The summed E-state index contributed by atoms with van der Waals surface area (Å²) < 4.78 is 1.80. The fourth-order valence-electron chi connectivity index (χ4n) is 3.05. The molecule has 1 aromatic heterocycles. The van der Waals surface area contributed by atoms with Gasteiger partial charge in [0.15, 0.2) is 0 Å². The van der Waals surface area contributed by atoms with Gasteiger partial charge in [0.1, 0.15) is 0 Å². The molecular weight excluding hydrogens is 329 g/mol. The summed E-state index contributed by atoms with van der Waals surface area (Å²) in [6.45, 7) is 6.56. The van der Waals surface area contributed by atoms with Crippen LogP contribution < -0.4 is 5.56 Å². The molecular formula is C19H17Cl2NO. The summed E-state index contributed by atoms with van der Waals surface area (Å²) in [6.07, 6.45) is 0. The second-order valence-corrected chi connectivity index (χ2v) is 6.79. The van der Waals surface area contributed by atoms with Crippen LogP contribution >= 0.6 is 23.2 Å². The number of aromatic nitrogens is 1. The van der Waals surface area contributed by atoms with Crippen LogP contribution in [-0.4, -0.2) is 4.57 Å². The van der Waals surface area contributed by atoms with E-state index in [0.29, 0.717) is 16.6 Å². The van der Waals surface area contributed by atoms with E-state index in [1.807, 2.05) is 26.0 Å². The third kappa shape index (κ3) is 3.01. The van der Waals surface area contributed by atoms with Gasteiger partial charge in [-0.3, -0.25) is 4.79 Å². The van der Waals surface area contributed by atoms with Gasteiger partial charge in [0.05, 0.1) is 22.1 Å². The number of rotatable bonds is 2. The first-order valence-electron chi connectivity index (χ1n) is 7.42. The van der Waals surface area contributed by atoms with Gasteiger partial charge in [0.25, 0.3) is 5.56 Å². The second-order valence-electron chi connectivity index (χ2n) is 5.98. The van der Waals surface area contributed by atoms with Gasteiger partial charge in [-0.05, 0) is 55.7 Å². The van der Waals surface area contributed by atoms with E-state index in [-0.39, 0.29) is 5.56 Å². The van der Waals surface area contributed by atoms with E-state index in [1.165, 1.54) is 5.56 Å². The van der Waals surface area contributed by atoms with Gasteiger partial charge < -0.3 is 4.57 Å². The van der Waals surface area contributed by atoms with Crippen molar-refractivity contribution in [2.24, 2.45) is 0 Å². The lowest BCUT2D eigenvalue weighted by molar-refractivity contribution is 0.790. The highest BCUT2D eigenvalue weighted by Gasteiger charge is 2.11. The molecule has 0 N–H and O–H groups in total. The van der Waals surface area contributed by atoms with Crippen molar-refractivity contribution < 1.29 is 0 Å². The van der Waals surface area contributed by atoms with Crippen molar-refractivity contribution in [3.63, 3.8) is 0 Å². The highest BCUT2D eigenvalue weighted by Crippen LogP contribution is 2.25. The Balaban J connectivity index is 2.24. The molecule has 2 aromatic carbocycles. The van der Waals surface area contributed by atoms with Crippen molar-refractivity contribution >= 4 is 34.1 Å². The van der Waals surface area contributed by atoms with E-state index in [4.69, 9.17) is 23.2 Å². The van der Waals surface area contributed by atoms with Crippen LogP contribution in [0, 0.1) is 20.8 Å². The SMILES string of the molecule is Cc1cc(C)c2c(c1)c(C)cc(=O)n2Cc1ccc(Cl)c(Cl)c1. The molecule has 0 saturated heterocycles. The minimum absolute atomic E-state index is 0.00646. The Morgan fingerprint density at radius 3 is 2.35 bits per heavy atom. The Labute approximate surface area is 145 Å². The molecule has 0 bridgehead atoms. The molecule has 0 aliphatic carbocycles. The highest BCUT2D eigenvalue weighted by molar-refractivity contribution is 6.42. The Bertz CT molecular complexity index is 973. The Morgan fingerprint density at radius 1 is 0.913 bits per heavy atom. The fraction of sp³-hybridized carbons (Fsp3) is 0.211.